The molecule has 0 spiro atoms. The zero-order valence-electron chi connectivity index (χ0n) is 9.86. The molecule has 0 saturated heterocycles. The number of anilines is 1. The van der Waals surface area contributed by atoms with E-state index in [0.717, 1.165) is 17.8 Å². The van der Waals surface area contributed by atoms with Crippen LogP contribution in [0.3, 0.4) is 0 Å². The van der Waals surface area contributed by atoms with Crippen molar-refractivity contribution >= 4 is 11.6 Å². The maximum absolute atomic E-state index is 11.4. The summed E-state index contributed by atoms with van der Waals surface area (Å²) in [6, 6.07) is 7.53. The first-order valence-corrected chi connectivity index (χ1v) is 5.34. The highest BCUT2D eigenvalue weighted by atomic mass is 16.1. The molecule has 1 aromatic rings. The lowest BCUT2D eigenvalue weighted by molar-refractivity contribution is -0.121. The molecule has 0 atom stereocenters. The van der Waals surface area contributed by atoms with E-state index in [2.05, 4.69) is 5.32 Å². The van der Waals surface area contributed by atoms with E-state index >= 15 is 0 Å². The summed E-state index contributed by atoms with van der Waals surface area (Å²) in [4.78, 5) is 13.4. The van der Waals surface area contributed by atoms with Crippen LogP contribution < -0.4 is 11.1 Å². The van der Waals surface area contributed by atoms with Crippen LogP contribution in [0.2, 0.25) is 0 Å². The number of nitrogen functional groups attached to an aromatic ring is 1. The molecule has 0 aliphatic carbocycles. The van der Waals surface area contributed by atoms with Gasteiger partial charge in [-0.25, -0.2) is 0 Å². The molecule has 0 radical (unpaired) electrons. The lowest BCUT2D eigenvalue weighted by Gasteiger charge is -2.09. The van der Waals surface area contributed by atoms with Gasteiger partial charge in [0.05, 0.1) is 0 Å². The van der Waals surface area contributed by atoms with Crippen LogP contribution in [-0.2, 0) is 11.3 Å². The number of nitrogens with zero attached hydrogens (tertiary/aromatic N) is 1. The third-order valence-corrected chi connectivity index (χ3v) is 2.23. The van der Waals surface area contributed by atoms with Gasteiger partial charge in [-0.15, -0.1) is 0 Å². The van der Waals surface area contributed by atoms with Gasteiger partial charge in [-0.2, -0.15) is 0 Å². The quantitative estimate of drug-likeness (QED) is 0.724. The third-order valence-electron chi connectivity index (χ3n) is 2.23. The zero-order chi connectivity index (χ0) is 12.0. The molecule has 4 nitrogen and oxygen atoms in total. The number of hydrogen-bond donors (Lipinski definition) is 2. The highest BCUT2D eigenvalue weighted by Gasteiger charge is 2.01. The van der Waals surface area contributed by atoms with Crippen LogP contribution in [0.15, 0.2) is 24.3 Å². The Morgan fingerprint density at radius 1 is 1.44 bits per heavy atom. The van der Waals surface area contributed by atoms with Gasteiger partial charge in [0.25, 0.3) is 0 Å². The summed E-state index contributed by atoms with van der Waals surface area (Å²) in [7, 11) is 3.90. The van der Waals surface area contributed by atoms with Gasteiger partial charge in [-0.3, -0.25) is 4.79 Å². The Hall–Kier alpha value is -1.55. The summed E-state index contributed by atoms with van der Waals surface area (Å²) < 4.78 is 0. The van der Waals surface area contributed by atoms with Crippen LogP contribution in [-0.4, -0.2) is 31.4 Å². The standard InChI is InChI=1S/C12H19N3O/c1-15(2)7-6-12(16)14-9-10-4-3-5-11(13)8-10/h3-5,8H,6-7,9,13H2,1-2H3,(H,14,16). The summed E-state index contributed by atoms with van der Waals surface area (Å²) in [5.74, 6) is 0.0659. The molecule has 0 aliphatic heterocycles. The van der Waals surface area contributed by atoms with Crippen LogP contribution in [0.25, 0.3) is 0 Å². The summed E-state index contributed by atoms with van der Waals surface area (Å²) in [6.45, 7) is 1.31. The van der Waals surface area contributed by atoms with Gasteiger partial charge in [-0.05, 0) is 31.8 Å². The predicted molar refractivity (Wildman–Crippen MR) is 65.9 cm³/mol. The predicted octanol–water partition coefficient (Wildman–Crippen LogP) is 0.837. The summed E-state index contributed by atoms with van der Waals surface area (Å²) in [6.07, 6.45) is 0.523. The Kier molecular flexibility index (Phi) is 4.79. The lowest BCUT2D eigenvalue weighted by Crippen LogP contribution is -2.26. The third kappa shape index (κ3) is 4.79. The Morgan fingerprint density at radius 2 is 2.19 bits per heavy atom. The fourth-order valence-corrected chi connectivity index (χ4v) is 1.32. The van der Waals surface area contributed by atoms with E-state index in [1.165, 1.54) is 0 Å². The number of nitrogens with two attached hydrogens (primary N) is 1. The maximum atomic E-state index is 11.4. The average Bonchev–Trinajstić information content (AvgIpc) is 2.23. The molecule has 0 unspecified atom stereocenters. The monoisotopic (exact) mass is 221 g/mol. The normalized spacial score (nSPS) is 10.4. The minimum absolute atomic E-state index is 0.0659. The van der Waals surface area contributed by atoms with Gasteiger partial charge in [0.15, 0.2) is 0 Å². The van der Waals surface area contributed by atoms with E-state index in [0.29, 0.717) is 13.0 Å². The van der Waals surface area contributed by atoms with Crippen molar-refractivity contribution in [2.45, 2.75) is 13.0 Å². The molecule has 0 fully saturated rings. The van der Waals surface area contributed by atoms with Gasteiger partial charge in [0, 0.05) is 25.2 Å². The van der Waals surface area contributed by atoms with Crippen molar-refractivity contribution in [3.05, 3.63) is 29.8 Å². The molecule has 88 valence electrons. The molecule has 3 N–H and O–H groups in total. The molecule has 1 aromatic carbocycles. The smallest absolute Gasteiger partial charge is 0.221 e. The number of hydrogen-bond acceptors (Lipinski definition) is 3. The van der Waals surface area contributed by atoms with Crippen molar-refractivity contribution in [3.63, 3.8) is 0 Å². The number of nitrogens with one attached hydrogen (secondary N) is 1. The number of carbonyl (C=O) groups excluding carboxylic acids is 1. The van der Waals surface area contributed by atoms with Crippen molar-refractivity contribution < 1.29 is 4.79 Å². The van der Waals surface area contributed by atoms with Crippen molar-refractivity contribution in [2.75, 3.05) is 26.4 Å². The largest absolute Gasteiger partial charge is 0.399 e. The number of rotatable bonds is 5. The van der Waals surface area contributed by atoms with Crippen LogP contribution in [0.1, 0.15) is 12.0 Å². The highest BCUT2D eigenvalue weighted by molar-refractivity contribution is 5.76. The van der Waals surface area contributed by atoms with E-state index in [4.69, 9.17) is 5.73 Å². The second-order valence-corrected chi connectivity index (χ2v) is 4.08. The molecule has 0 heterocycles. The molecule has 1 amide bonds. The number of amides is 1. The van der Waals surface area contributed by atoms with Crippen molar-refractivity contribution in [1.82, 2.24) is 10.2 Å². The molecule has 16 heavy (non-hydrogen) atoms. The molecule has 4 heteroatoms. The molecular formula is C12H19N3O. The Bertz CT molecular complexity index is 350. The lowest BCUT2D eigenvalue weighted by atomic mass is 10.2. The Balaban J connectivity index is 2.31. The van der Waals surface area contributed by atoms with E-state index in [1.54, 1.807) is 0 Å². The van der Waals surface area contributed by atoms with Crippen molar-refractivity contribution in [3.8, 4) is 0 Å². The van der Waals surface area contributed by atoms with Crippen LogP contribution in [0.5, 0.6) is 0 Å². The topological polar surface area (TPSA) is 58.4 Å². The van der Waals surface area contributed by atoms with Crippen LogP contribution in [0.4, 0.5) is 5.69 Å². The van der Waals surface area contributed by atoms with E-state index in [1.807, 2.05) is 43.3 Å². The van der Waals surface area contributed by atoms with Crippen molar-refractivity contribution in [1.29, 1.82) is 0 Å². The van der Waals surface area contributed by atoms with E-state index in [9.17, 15) is 4.79 Å². The number of benzene rings is 1. The first-order valence-electron chi connectivity index (χ1n) is 5.34. The van der Waals surface area contributed by atoms with Gasteiger partial charge < -0.3 is 16.0 Å². The first kappa shape index (κ1) is 12.5. The molecule has 0 saturated carbocycles. The SMILES string of the molecule is CN(C)CCC(=O)NCc1cccc(N)c1. The molecule has 0 aliphatic rings. The molecular weight excluding hydrogens is 202 g/mol. The summed E-state index contributed by atoms with van der Waals surface area (Å²) >= 11 is 0. The van der Waals surface area contributed by atoms with Crippen LogP contribution in [0, 0.1) is 0 Å². The van der Waals surface area contributed by atoms with Gasteiger partial charge in [0.1, 0.15) is 0 Å². The fraction of sp³-hybridized carbons (Fsp3) is 0.417. The Labute approximate surface area is 96.4 Å². The number of carbonyl (C=O) groups is 1. The summed E-state index contributed by atoms with van der Waals surface area (Å²) in [5, 5.41) is 2.86. The zero-order valence-corrected chi connectivity index (χ0v) is 9.86. The minimum atomic E-state index is 0.0659. The highest BCUT2D eigenvalue weighted by Crippen LogP contribution is 2.05. The molecule has 0 bridgehead atoms. The van der Waals surface area contributed by atoms with Crippen LogP contribution >= 0.6 is 0 Å². The summed E-state index contributed by atoms with van der Waals surface area (Å²) in [5.41, 5.74) is 7.39. The van der Waals surface area contributed by atoms with E-state index < -0.39 is 0 Å². The van der Waals surface area contributed by atoms with Gasteiger partial charge in [-0.1, -0.05) is 12.1 Å². The second-order valence-electron chi connectivity index (χ2n) is 4.08. The molecule has 0 aromatic heterocycles. The average molecular weight is 221 g/mol. The first-order chi connectivity index (χ1) is 7.58. The van der Waals surface area contributed by atoms with Crippen molar-refractivity contribution in [2.24, 2.45) is 0 Å². The maximum Gasteiger partial charge on any atom is 0.221 e. The fourth-order valence-electron chi connectivity index (χ4n) is 1.32. The second kappa shape index (κ2) is 6.12. The Morgan fingerprint density at radius 3 is 2.81 bits per heavy atom. The van der Waals surface area contributed by atoms with E-state index in [-0.39, 0.29) is 5.91 Å². The van der Waals surface area contributed by atoms with Gasteiger partial charge in [0.2, 0.25) is 5.91 Å². The minimum Gasteiger partial charge on any atom is -0.399 e. The van der Waals surface area contributed by atoms with Gasteiger partial charge >= 0.3 is 0 Å². The molecule has 1 rings (SSSR count).